The second kappa shape index (κ2) is 8.62. The average molecular weight is 491 g/mol. The van der Waals surface area contributed by atoms with Crippen LogP contribution in [0.2, 0.25) is 0 Å². The van der Waals surface area contributed by atoms with Gasteiger partial charge in [-0.15, -0.1) is 0 Å². The van der Waals surface area contributed by atoms with Crippen LogP contribution in [0.1, 0.15) is 31.7 Å². The fourth-order valence-electron chi connectivity index (χ4n) is 5.22. The van der Waals surface area contributed by atoms with Gasteiger partial charge in [-0.2, -0.15) is 8.78 Å². The van der Waals surface area contributed by atoms with E-state index in [9.17, 15) is 13.6 Å². The summed E-state index contributed by atoms with van der Waals surface area (Å²) in [4.78, 5) is 24.4. The van der Waals surface area contributed by atoms with Gasteiger partial charge < -0.3 is 26.0 Å². The molecule has 0 unspecified atom stereocenters. The number of rotatable bonds is 3. The number of carbonyl (C=O) groups excluding carboxylic acids is 1. The van der Waals surface area contributed by atoms with Gasteiger partial charge in [-0.25, -0.2) is 9.97 Å². The molecule has 0 saturated carbocycles. The van der Waals surface area contributed by atoms with E-state index in [1.807, 2.05) is 0 Å². The van der Waals surface area contributed by atoms with Crippen molar-refractivity contribution < 1.29 is 18.3 Å². The molecule has 2 aromatic rings. The van der Waals surface area contributed by atoms with Gasteiger partial charge in [0.15, 0.2) is 5.82 Å². The molecule has 1 amide bonds. The van der Waals surface area contributed by atoms with Crippen molar-refractivity contribution in [1.29, 1.82) is 0 Å². The van der Waals surface area contributed by atoms with Crippen LogP contribution in [0.3, 0.4) is 0 Å². The van der Waals surface area contributed by atoms with Crippen LogP contribution < -0.4 is 21.3 Å². The highest BCUT2D eigenvalue weighted by molar-refractivity contribution is 7.99. The first-order chi connectivity index (χ1) is 16.2. The molecule has 4 heterocycles. The molecule has 182 valence electrons. The van der Waals surface area contributed by atoms with Crippen molar-refractivity contribution in [3.63, 3.8) is 0 Å². The molecule has 1 atom stereocenters. The highest BCUT2D eigenvalue weighted by Crippen LogP contribution is 2.49. The van der Waals surface area contributed by atoms with E-state index < -0.39 is 18.4 Å². The van der Waals surface area contributed by atoms with E-state index >= 15 is 0 Å². The summed E-state index contributed by atoms with van der Waals surface area (Å²) in [7, 11) is 0. The molecule has 2 fully saturated rings. The Morgan fingerprint density at radius 3 is 2.74 bits per heavy atom. The third kappa shape index (κ3) is 4.20. The van der Waals surface area contributed by atoms with Gasteiger partial charge in [-0.1, -0.05) is 17.8 Å². The van der Waals surface area contributed by atoms with E-state index in [2.05, 4.69) is 14.9 Å². The zero-order valence-corrected chi connectivity index (χ0v) is 19.8. The van der Waals surface area contributed by atoms with Crippen LogP contribution in [-0.4, -0.2) is 54.8 Å². The van der Waals surface area contributed by atoms with E-state index in [0.29, 0.717) is 22.3 Å². The third-order valence-corrected chi connectivity index (χ3v) is 8.01. The Labute approximate surface area is 201 Å². The molecule has 4 N–H and O–H groups in total. The fraction of sp³-hybridized carbons (Fsp3) is 0.522. The van der Waals surface area contributed by atoms with Gasteiger partial charge >= 0.3 is 0 Å². The maximum absolute atomic E-state index is 14.8. The lowest BCUT2D eigenvalue weighted by molar-refractivity contribution is -0.117. The zero-order valence-electron chi connectivity index (χ0n) is 19.0. The summed E-state index contributed by atoms with van der Waals surface area (Å²) < 4.78 is 35.3. The molecule has 0 radical (unpaired) electrons. The first-order valence-electron chi connectivity index (χ1n) is 11.4. The van der Waals surface area contributed by atoms with Crippen molar-refractivity contribution in [3.05, 3.63) is 30.0 Å². The number of hydrogen-bond donors (Lipinski definition) is 2. The molecule has 5 rings (SSSR count). The predicted molar refractivity (Wildman–Crippen MR) is 126 cm³/mol. The molecular formula is C23H28F2N6O2S. The second-order valence-electron chi connectivity index (χ2n) is 9.45. The van der Waals surface area contributed by atoms with E-state index in [0.717, 1.165) is 55.6 Å². The monoisotopic (exact) mass is 490 g/mol. The van der Waals surface area contributed by atoms with Crippen LogP contribution >= 0.6 is 11.8 Å². The minimum absolute atomic E-state index is 0.0846. The number of fused-ring (bicyclic) bond motifs is 1. The van der Waals surface area contributed by atoms with Crippen LogP contribution in [0.25, 0.3) is 0 Å². The maximum Gasteiger partial charge on any atom is 0.293 e. The maximum atomic E-state index is 14.8. The summed E-state index contributed by atoms with van der Waals surface area (Å²) in [5, 5.41) is 0.356. The first-order valence-corrected chi connectivity index (χ1v) is 12.2. The van der Waals surface area contributed by atoms with E-state index in [4.69, 9.17) is 16.2 Å². The molecular weight excluding hydrogens is 462 g/mol. The predicted octanol–water partition coefficient (Wildman–Crippen LogP) is 3.00. The zero-order chi connectivity index (χ0) is 24.1. The lowest BCUT2D eigenvalue weighted by Gasteiger charge is -2.45. The topological polar surface area (TPSA) is 111 Å². The molecule has 11 heteroatoms. The van der Waals surface area contributed by atoms with E-state index in [1.54, 1.807) is 18.3 Å². The van der Waals surface area contributed by atoms with Crippen LogP contribution in [0.5, 0.6) is 0 Å². The lowest BCUT2D eigenvalue weighted by atomic mass is 9.73. The van der Waals surface area contributed by atoms with Crippen molar-refractivity contribution >= 4 is 35.0 Å². The number of piperidine rings is 1. The van der Waals surface area contributed by atoms with Gasteiger partial charge in [0, 0.05) is 31.0 Å². The minimum Gasteiger partial charge on any atom is -0.381 e. The van der Waals surface area contributed by atoms with Gasteiger partial charge in [0.2, 0.25) is 5.91 Å². The molecule has 3 aliphatic heterocycles. The van der Waals surface area contributed by atoms with Crippen LogP contribution in [-0.2, 0) is 15.5 Å². The number of nitrogen functional groups attached to an aromatic ring is 1. The number of ether oxygens (including phenoxy) is 1. The third-order valence-electron chi connectivity index (χ3n) is 6.94. The number of hydrogen-bond acceptors (Lipinski definition) is 8. The fourth-order valence-corrected chi connectivity index (χ4v) is 6.18. The van der Waals surface area contributed by atoms with Crippen molar-refractivity contribution in [2.75, 3.05) is 48.4 Å². The highest BCUT2D eigenvalue weighted by atomic mass is 32.2. The smallest absolute Gasteiger partial charge is 0.293 e. The summed E-state index contributed by atoms with van der Waals surface area (Å²) in [6.07, 6.45) is 4.52. The van der Waals surface area contributed by atoms with Gasteiger partial charge in [-0.3, -0.25) is 4.79 Å². The Morgan fingerprint density at radius 2 is 2.06 bits per heavy atom. The van der Waals surface area contributed by atoms with Crippen molar-refractivity contribution in [2.24, 2.45) is 11.1 Å². The number of aromatic nitrogens is 2. The number of alkyl halides is 2. The number of nitrogens with zero attached hydrogens (tertiary/aromatic N) is 4. The van der Waals surface area contributed by atoms with Gasteiger partial charge in [0.05, 0.1) is 37.2 Å². The number of anilines is 3. The molecule has 34 heavy (non-hydrogen) atoms. The molecule has 0 aliphatic carbocycles. The second-order valence-corrected chi connectivity index (χ2v) is 10.5. The van der Waals surface area contributed by atoms with Crippen LogP contribution in [0.15, 0.2) is 34.3 Å². The van der Waals surface area contributed by atoms with Crippen LogP contribution in [0, 0.1) is 5.41 Å². The minimum atomic E-state index is -3.15. The summed E-state index contributed by atoms with van der Waals surface area (Å²) in [6.45, 7) is 3.58. The molecule has 1 aromatic carbocycles. The molecule has 1 spiro atoms. The van der Waals surface area contributed by atoms with Crippen molar-refractivity contribution in [1.82, 2.24) is 9.97 Å². The SMILES string of the molecule is CC(=O)N1CC(F)(F)c2c(Sc3ncc(N4CCC5(CC4)COC[C@@H](N)C5)nc3N)cccc21. The van der Waals surface area contributed by atoms with Gasteiger partial charge in [0.1, 0.15) is 10.8 Å². The Balaban J connectivity index is 1.33. The Bertz CT molecular complexity index is 1110. The summed E-state index contributed by atoms with van der Waals surface area (Å²) >= 11 is 1.04. The molecule has 0 bridgehead atoms. The van der Waals surface area contributed by atoms with E-state index in [1.165, 1.54) is 13.0 Å². The Kier molecular flexibility index (Phi) is 5.89. The first kappa shape index (κ1) is 23.3. The molecule has 8 nitrogen and oxygen atoms in total. The molecule has 1 aromatic heterocycles. The molecule has 2 saturated heterocycles. The summed E-state index contributed by atoms with van der Waals surface area (Å²) in [5.41, 5.74) is 12.5. The number of benzene rings is 1. The van der Waals surface area contributed by atoms with Gasteiger partial charge in [-0.05, 0) is 36.8 Å². The Morgan fingerprint density at radius 1 is 1.29 bits per heavy atom. The van der Waals surface area contributed by atoms with Gasteiger partial charge in [0.25, 0.3) is 5.92 Å². The number of halogens is 2. The number of nitrogens with two attached hydrogens (primary N) is 2. The normalized spacial score (nSPS) is 23.2. The summed E-state index contributed by atoms with van der Waals surface area (Å²) in [6, 6.07) is 4.87. The highest BCUT2D eigenvalue weighted by Gasteiger charge is 2.47. The van der Waals surface area contributed by atoms with E-state index in [-0.39, 0.29) is 28.5 Å². The van der Waals surface area contributed by atoms with Crippen molar-refractivity contribution in [3.8, 4) is 0 Å². The largest absolute Gasteiger partial charge is 0.381 e. The summed E-state index contributed by atoms with van der Waals surface area (Å²) in [5.74, 6) is -2.71. The van der Waals surface area contributed by atoms with Crippen molar-refractivity contribution in [2.45, 2.75) is 48.1 Å². The average Bonchev–Trinajstić information content (AvgIpc) is 3.08. The number of carbonyl (C=O) groups is 1. The number of amides is 1. The Hall–Kier alpha value is -2.50. The quantitative estimate of drug-likeness (QED) is 0.676. The lowest BCUT2D eigenvalue weighted by Crippen LogP contribution is -2.49. The molecule has 3 aliphatic rings. The standard InChI is InChI=1S/C23H28F2N6O2S/c1-14(32)31-12-23(24,25)19-16(31)3-2-4-17(19)34-21-20(27)29-18(10-28-21)30-7-5-22(6-8-30)9-15(26)11-33-13-22/h2-4,10,15H,5-9,11-13,26H2,1H3,(H2,27,29)/t15-/m0/s1. The van der Waals surface area contributed by atoms with Crippen LogP contribution in [0.4, 0.5) is 26.1 Å².